The highest BCUT2D eigenvalue weighted by atomic mass is 16.5. The standard InChI is InChI=1S/C26H31NO/c1-20(2)28-25-15-13-24(14-16-25)26(23-11-9-21(3)10-12-23)17-18-27-19-22-7-5-4-6-8-22/h4-16,20,26-27H,17-19H2,1-3H3. The van der Waals surface area contributed by atoms with Gasteiger partial charge in [0.2, 0.25) is 0 Å². The smallest absolute Gasteiger partial charge is 0.119 e. The van der Waals surface area contributed by atoms with Crippen LogP contribution in [0.3, 0.4) is 0 Å². The number of hydrogen-bond donors (Lipinski definition) is 1. The minimum Gasteiger partial charge on any atom is -0.491 e. The summed E-state index contributed by atoms with van der Waals surface area (Å²) < 4.78 is 5.81. The Balaban J connectivity index is 1.69. The van der Waals surface area contributed by atoms with E-state index in [-0.39, 0.29) is 6.10 Å². The molecule has 3 aromatic carbocycles. The molecule has 0 radical (unpaired) electrons. The fourth-order valence-corrected chi connectivity index (χ4v) is 3.45. The Hall–Kier alpha value is -2.58. The Bertz CT molecular complexity index is 823. The predicted octanol–water partition coefficient (Wildman–Crippen LogP) is 6.09. The van der Waals surface area contributed by atoms with E-state index in [1.165, 1.54) is 22.3 Å². The molecule has 1 atom stereocenters. The van der Waals surface area contributed by atoms with Gasteiger partial charge in [-0.3, -0.25) is 0 Å². The van der Waals surface area contributed by atoms with Gasteiger partial charge in [0.1, 0.15) is 5.75 Å². The van der Waals surface area contributed by atoms with Crippen molar-refractivity contribution in [2.45, 2.75) is 45.8 Å². The lowest BCUT2D eigenvalue weighted by atomic mass is 9.88. The second kappa shape index (κ2) is 10.1. The minimum atomic E-state index is 0.195. The fourth-order valence-electron chi connectivity index (χ4n) is 3.45. The van der Waals surface area contributed by atoms with Crippen molar-refractivity contribution in [3.63, 3.8) is 0 Å². The molecular formula is C26H31NO. The molecule has 2 heteroatoms. The molecule has 0 saturated carbocycles. The zero-order valence-electron chi connectivity index (χ0n) is 17.2. The molecule has 0 aliphatic rings. The van der Waals surface area contributed by atoms with Gasteiger partial charge in [0.15, 0.2) is 0 Å². The van der Waals surface area contributed by atoms with E-state index >= 15 is 0 Å². The lowest BCUT2D eigenvalue weighted by molar-refractivity contribution is 0.242. The van der Waals surface area contributed by atoms with Crippen LogP contribution in [-0.2, 0) is 6.54 Å². The molecule has 0 aliphatic carbocycles. The van der Waals surface area contributed by atoms with Gasteiger partial charge in [-0.25, -0.2) is 0 Å². The quantitative estimate of drug-likeness (QED) is 0.458. The predicted molar refractivity (Wildman–Crippen MR) is 118 cm³/mol. The number of aryl methyl sites for hydroxylation is 1. The van der Waals surface area contributed by atoms with Gasteiger partial charge in [0, 0.05) is 12.5 Å². The normalized spacial score (nSPS) is 12.1. The lowest BCUT2D eigenvalue weighted by Crippen LogP contribution is -2.17. The van der Waals surface area contributed by atoms with Gasteiger partial charge >= 0.3 is 0 Å². The first-order chi connectivity index (χ1) is 13.6. The third kappa shape index (κ3) is 5.97. The maximum absolute atomic E-state index is 5.81. The van der Waals surface area contributed by atoms with E-state index in [4.69, 9.17) is 4.74 Å². The molecule has 0 aliphatic heterocycles. The van der Waals surface area contributed by atoms with Crippen LogP contribution in [-0.4, -0.2) is 12.6 Å². The van der Waals surface area contributed by atoms with Gasteiger partial charge in [-0.05, 0) is 62.6 Å². The van der Waals surface area contributed by atoms with Crippen molar-refractivity contribution in [3.8, 4) is 5.75 Å². The molecule has 1 N–H and O–H groups in total. The van der Waals surface area contributed by atoms with Crippen LogP contribution in [0.4, 0.5) is 0 Å². The van der Waals surface area contributed by atoms with E-state index in [0.29, 0.717) is 5.92 Å². The summed E-state index contributed by atoms with van der Waals surface area (Å²) in [6.45, 7) is 8.13. The van der Waals surface area contributed by atoms with E-state index in [1.807, 2.05) is 0 Å². The average Bonchev–Trinajstić information content (AvgIpc) is 2.70. The van der Waals surface area contributed by atoms with Gasteiger partial charge < -0.3 is 10.1 Å². The number of rotatable bonds is 9. The zero-order valence-corrected chi connectivity index (χ0v) is 17.2. The van der Waals surface area contributed by atoms with Crippen molar-refractivity contribution in [1.82, 2.24) is 5.32 Å². The van der Waals surface area contributed by atoms with Gasteiger partial charge in [-0.15, -0.1) is 0 Å². The van der Waals surface area contributed by atoms with Gasteiger partial charge in [0.05, 0.1) is 6.10 Å². The van der Waals surface area contributed by atoms with Crippen molar-refractivity contribution >= 4 is 0 Å². The number of hydrogen-bond acceptors (Lipinski definition) is 2. The molecule has 3 rings (SSSR count). The highest BCUT2D eigenvalue weighted by Gasteiger charge is 2.14. The maximum Gasteiger partial charge on any atom is 0.119 e. The van der Waals surface area contributed by atoms with Crippen molar-refractivity contribution in [2.24, 2.45) is 0 Å². The fraction of sp³-hybridized carbons (Fsp3) is 0.308. The summed E-state index contributed by atoms with van der Waals surface area (Å²) in [6.07, 6.45) is 1.25. The molecular weight excluding hydrogens is 342 g/mol. The summed E-state index contributed by atoms with van der Waals surface area (Å²) >= 11 is 0. The summed E-state index contributed by atoms with van der Waals surface area (Å²) in [6, 6.07) is 28.1. The van der Waals surface area contributed by atoms with Crippen LogP contribution in [0.1, 0.15) is 48.4 Å². The van der Waals surface area contributed by atoms with Crippen LogP contribution >= 0.6 is 0 Å². The van der Waals surface area contributed by atoms with E-state index in [2.05, 4.69) is 105 Å². The van der Waals surface area contributed by atoms with Crippen LogP contribution in [0.5, 0.6) is 5.75 Å². The van der Waals surface area contributed by atoms with E-state index < -0.39 is 0 Å². The average molecular weight is 374 g/mol. The molecule has 2 nitrogen and oxygen atoms in total. The number of benzene rings is 3. The second-order valence-electron chi connectivity index (χ2n) is 7.65. The third-order valence-electron chi connectivity index (χ3n) is 4.92. The topological polar surface area (TPSA) is 21.3 Å². The number of ether oxygens (including phenoxy) is 1. The minimum absolute atomic E-state index is 0.195. The summed E-state index contributed by atoms with van der Waals surface area (Å²) in [5.74, 6) is 1.31. The Morgan fingerprint density at radius 1 is 0.786 bits per heavy atom. The maximum atomic E-state index is 5.81. The number of nitrogens with one attached hydrogen (secondary N) is 1. The molecule has 0 heterocycles. The SMILES string of the molecule is Cc1ccc(C(CCNCc2ccccc2)c2ccc(OC(C)C)cc2)cc1. The third-order valence-corrected chi connectivity index (χ3v) is 4.92. The molecule has 0 fully saturated rings. The second-order valence-corrected chi connectivity index (χ2v) is 7.65. The highest BCUT2D eigenvalue weighted by molar-refractivity contribution is 5.37. The van der Waals surface area contributed by atoms with Crippen LogP contribution < -0.4 is 10.1 Å². The molecule has 0 aromatic heterocycles. The summed E-state index contributed by atoms with van der Waals surface area (Å²) in [4.78, 5) is 0. The van der Waals surface area contributed by atoms with Gasteiger partial charge in [0.25, 0.3) is 0 Å². The summed E-state index contributed by atoms with van der Waals surface area (Å²) in [7, 11) is 0. The summed E-state index contributed by atoms with van der Waals surface area (Å²) in [5, 5.41) is 3.60. The van der Waals surface area contributed by atoms with Gasteiger partial charge in [-0.2, -0.15) is 0 Å². The van der Waals surface area contributed by atoms with Crippen molar-refractivity contribution in [2.75, 3.05) is 6.54 Å². The highest BCUT2D eigenvalue weighted by Crippen LogP contribution is 2.29. The first-order valence-corrected chi connectivity index (χ1v) is 10.2. The van der Waals surface area contributed by atoms with Crippen LogP contribution in [0.2, 0.25) is 0 Å². The first-order valence-electron chi connectivity index (χ1n) is 10.2. The molecule has 0 amide bonds. The lowest BCUT2D eigenvalue weighted by Gasteiger charge is -2.20. The van der Waals surface area contributed by atoms with Crippen LogP contribution in [0, 0.1) is 6.92 Å². The molecule has 0 saturated heterocycles. The Morgan fingerprint density at radius 2 is 1.39 bits per heavy atom. The van der Waals surface area contributed by atoms with Crippen LogP contribution in [0.15, 0.2) is 78.9 Å². The van der Waals surface area contributed by atoms with Crippen molar-refractivity contribution in [3.05, 3.63) is 101 Å². The summed E-state index contributed by atoms with van der Waals surface area (Å²) in [5.41, 5.74) is 5.32. The monoisotopic (exact) mass is 373 g/mol. The van der Waals surface area contributed by atoms with Crippen molar-refractivity contribution in [1.29, 1.82) is 0 Å². The molecule has 0 bridgehead atoms. The molecule has 0 spiro atoms. The van der Waals surface area contributed by atoms with Gasteiger partial charge in [-0.1, -0.05) is 72.3 Å². The molecule has 1 unspecified atom stereocenters. The first kappa shape index (κ1) is 20.2. The Kier molecular flexibility index (Phi) is 7.27. The van der Waals surface area contributed by atoms with E-state index in [0.717, 1.165) is 25.3 Å². The van der Waals surface area contributed by atoms with E-state index in [9.17, 15) is 0 Å². The molecule has 146 valence electrons. The Morgan fingerprint density at radius 3 is 2.00 bits per heavy atom. The van der Waals surface area contributed by atoms with Crippen LogP contribution in [0.25, 0.3) is 0 Å². The Labute approximate surface area is 169 Å². The van der Waals surface area contributed by atoms with E-state index in [1.54, 1.807) is 0 Å². The zero-order chi connectivity index (χ0) is 19.8. The molecule has 28 heavy (non-hydrogen) atoms. The van der Waals surface area contributed by atoms with Crippen molar-refractivity contribution < 1.29 is 4.74 Å². The largest absolute Gasteiger partial charge is 0.491 e. The molecule has 3 aromatic rings.